The van der Waals surface area contributed by atoms with Gasteiger partial charge in [-0.1, -0.05) is 6.07 Å². The smallest absolute Gasteiger partial charge is 0.298 e. The highest BCUT2D eigenvalue weighted by atomic mass is 32.2. The molecule has 0 aliphatic rings. The molecule has 388 valence electrons. The standard InChI is InChI=1S/C39H26N10O21S5/c40-35-29(16-31(72(58,59)60)23-8-10-26(38(52)34(23)35)44-43-25-9-5-20(49(53)54)13-32(25)73(61,62)63)47-45-27-11-7-22-24(39(27)75(67,68)69)15-33(74(64,65)66)36(37(22)51)48-42-19-3-1-18(2-4-19)41-46-28-14-21(71(55,56)57)6-12-30(28)70-17-50/h1-17,51-52H,40H2,(H,55,56,57)(H,58,59,60)(H,61,62,63)(H,64,65,66)(H,67,68,69). The van der Waals surface area contributed by atoms with Crippen LogP contribution in [0.2, 0.25) is 0 Å². The van der Waals surface area contributed by atoms with E-state index in [2.05, 4.69) is 40.9 Å². The summed E-state index contributed by atoms with van der Waals surface area (Å²) >= 11 is 0. The quantitative estimate of drug-likeness (QED) is 0.0112. The molecule has 7 aromatic carbocycles. The van der Waals surface area contributed by atoms with Crippen LogP contribution >= 0.6 is 0 Å². The Morgan fingerprint density at radius 3 is 1.60 bits per heavy atom. The molecule has 0 unspecified atom stereocenters. The molecule has 0 spiro atoms. The van der Waals surface area contributed by atoms with Crippen LogP contribution in [0, 0.1) is 10.1 Å². The number of hydrogen-bond acceptors (Lipinski definition) is 25. The topological polar surface area (TPSA) is 507 Å². The van der Waals surface area contributed by atoms with Crippen molar-refractivity contribution in [2.24, 2.45) is 40.9 Å². The number of azo groups is 4. The second kappa shape index (κ2) is 19.9. The highest BCUT2D eigenvalue weighted by molar-refractivity contribution is 7.87. The van der Waals surface area contributed by atoms with Gasteiger partial charge in [0.1, 0.15) is 53.7 Å². The Bertz CT molecular complexity index is 4330. The summed E-state index contributed by atoms with van der Waals surface area (Å²) in [4.78, 5) is 15.9. The maximum absolute atomic E-state index is 13.0. The SMILES string of the molecule is Nc1c(N=Nc2ccc3c(O)c(N=Nc4ccc(N=Nc5cc(S(=O)(=O)O)ccc5OC=O)cc4)c(S(=O)(=O)O)cc3c2S(=O)(=O)O)cc(S(=O)(=O)O)c2ccc(N=Nc3ccc([N+](=O)[O-])cc3S(=O)(=O)O)c(O)c12. The number of carbonyl (C=O) groups is 1. The van der Waals surface area contributed by atoms with E-state index in [1.807, 2.05) is 0 Å². The van der Waals surface area contributed by atoms with E-state index in [1.54, 1.807) is 0 Å². The van der Waals surface area contributed by atoms with Gasteiger partial charge in [0.2, 0.25) is 0 Å². The minimum absolute atomic E-state index is 0.0241. The van der Waals surface area contributed by atoms with Crippen LogP contribution in [0.4, 0.5) is 56.9 Å². The largest absolute Gasteiger partial charge is 0.505 e. The zero-order valence-electron chi connectivity index (χ0n) is 36.3. The van der Waals surface area contributed by atoms with Gasteiger partial charge in [0.25, 0.3) is 62.8 Å². The summed E-state index contributed by atoms with van der Waals surface area (Å²) in [5, 5.41) is 61.2. The molecule has 0 aliphatic carbocycles. The predicted molar refractivity (Wildman–Crippen MR) is 254 cm³/mol. The second-order valence-corrected chi connectivity index (χ2v) is 21.6. The number of non-ortho nitro benzene ring substituents is 1. The number of nitrogens with zero attached hydrogens (tertiary/aromatic N) is 9. The van der Waals surface area contributed by atoms with E-state index in [4.69, 9.17) is 10.5 Å². The first-order valence-corrected chi connectivity index (χ1v) is 26.7. The van der Waals surface area contributed by atoms with E-state index in [0.29, 0.717) is 18.2 Å². The summed E-state index contributed by atoms with van der Waals surface area (Å²) in [5.41, 5.74) is 0.585. The maximum atomic E-state index is 13.0. The van der Waals surface area contributed by atoms with Crippen LogP contribution in [0.25, 0.3) is 21.5 Å². The molecular weight excluding hydrogens is 1100 g/mol. The normalized spacial score (nSPS) is 13.0. The van der Waals surface area contributed by atoms with Crippen LogP contribution in [-0.4, -0.2) is 86.5 Å². The average molecular weight is 1130 g/mol. The number of nitro benzene ring substituents is 1. The molecule has 7 rings (SSSR count). The van der Waals surface area contributed by atoms with E-state index >= 15 is 0 Å². The number of ether oxygens (including phenoxy) is 1. The molecule has 0 bridgehead atoms. The van der Waals surface area contributed by atoms with E-state index in [9.17, 15) is 90.0 Å². The number of carbonyl (C=O) groups excluding carboxylic acids is 1. The number of phenolic OH excluding ortho intramolecular Hbond substituents is 2. The summed E-state index contributed by atoms with van der Waals surface area (Å²) in [6.45, 7) is 0.0241. The Morgan fingerprint density at radius 1 is 0.493 bits per heavy atom. The number of anilines is 1. The summed E-state index contributed by atoms with van der Waals surface area (Å²) in [5.74, 6) is -2.41. The molecule has 0 saturated heterocycles. The molecule has 36 heteroatoms. The lowest BCUT2D eigenvalue weighted by Crippen LogP contribution is -2.03. The van der Waals surface area contributed by atoms with E-state index < -0.39 is 153 Å². The number of phenols is 2. The fraction of sp³-hybridized carbons (Fsp3) is 0. The van der Waals surface area contributed by atoms with Crippen molar-refractivity contribution in [2.75, 3.05) is 5.73 Å². The fourth-order valence-electron chi connectivity index (χ4n) is 6.68. The van der Waals surface area contributed by atoms with Gasteiger partial charge in [-0.3, -0.25) is 37.7 Å². The molecule has 0 aromatic heterocycles. The third kappa shape index (κ3) is 11.6. The molecular formula is C39H26N10O21S5. The highest BCUT2D eigenvalue weighted by Gasteiger charge is 2.29. The van der Waals surface area contributed by atoms with Gasteiger partial charge in [0, 0.05) is 28.3 Å². The van der Waals surface area contributed by atoms with Gasteiger partial charge in [-0.2, -0.15) is 52.3 Å². The van der Waals surface area contributed by atoms with Crippen LogP contribution in [0.5, 0.6) is 17.2 Å². The molecule has 0 heterocycles. The van der Waals surface area contributed by atoms with Crippen LogP contribution in [0.15, 0.2) is 162 Å². The Labute approximate surface area is 418 Å². The Hall–Kier alpha value is -8.72. The molecule has 0 aliphatic heterocycles. The van der Waals surface area contributed by atoms with Gasteiger partial charge in [-0.25, -0.2) is 0 Å². The lowest BCUT2D eigenvalue weighted by Gasteiger charge is -2.13. The first-order valence-electron chi connectivity index (χ1n) is 19.5. The number of fused-ring (bicyclic) bond motifs is 2. The van der Waals surface area contributed by atoms with Crippen LogP contribution in [-0.2, 0) is 55.4 Å². The third-order valence-corrected chi connectivity index (χ3v) is 14.4. The van der Waals surface area contributed by atoms with E-state index in [1.165, 1.54) is 24.3 Å². The van der Waals surface area contributed by atoms with E-state index in [-0.39, 0.29) is 29.3 Å². The van der Waals surface area contributed by atoms with Gasteiger partial charge in [0.15, 0.2) is 17.2 Å². The molecule has 75 heavy (non-hydrogen) atoms. The monoisotopic (exact) mass is 1130 g/mol. The Kier molecular flexibility index (Phi) is 14.4. The number of hydrogen-bond donors (Lipinski definition) is 8. The molecule has 0 saturated carbocycles. The number of rotatable bonds is 16. The molecule has 0 radical (unpaired) electrons. The van der Waals surface area contributed by atoms with Crippen molar-refractivity contribution in [2.45, 2.75) is 24.5 Å². The number of nitrogen functional groups attached to an aromatic ring is 1. The summed E-state index contributed by atoms with van der Waals surface area (Å²) in [6.07, 6.45) is 0. The Morgan fingerprint density at radius 2 is 1.03 bits per heavy atom. The molecule has 31 nitrogen and oxygen atoms in total. The highest BCUT2D eigenvalue weighted by Crippen LogP contribution is 2.48. The van der Waals surface area contributed by atoms with Crippen LogP contribution in [0.1, 0.15) is 0 Å². The fourth-order valence-corrected chi connectivity index (χ4v) is 10.0. The van der Waals surface area contributed by atoms with E-state index in [0.717, 1.165) is 54.6 Å². The lowest BCUT2D eigenvalue weighted by molar-refractivity contribution is -0.385. The minimum atomic E-state index is -5.58. The second-order valence-electron chi connectivity index (χ2n) is 14.7. The van der Waals surface area contributed by atoms with Gasteiger partial charge >= 0.3 is 0 Å². The molecule has 0 atom stereocenters. The molecule has 0 fully saturated rings. The van der Waals surface area contributed by atoms with Crippen molar-refractivity contribution >= 4 is 135 Å². The number of nitrogens with two attached hydrogens (primary N) is 1. The molecule has 9 N–H and O–H groups in total. The maximum Gasteiger partial charge on any atom is 0.298 e. The first-order chi connectivity index (χ1) is 34.9. The zero-order chi connectivity index (χ0) is 55.2. The lowest BCUT2D eigenvalue weighted by atomic mass is 10.1. The zero-order valence-corrected chi connectivity index (χ0v) is 40.4. The van der Waals surface area contributed by atoms with Crippen LogP contribution < -0.4 is 10.5 Å². The summed E-state index contributed by atoms with van der Waals surface area (Å²) in [6, 6.07) is 14.4. The molecule has 0 amide bonds. The number of aromatic hydroxyl groups is 2. The van der Waals surface area contributed by atoms with Crippen LogP contribution in [0.3, 0.4) is 0 Å². The van der Waals surface area contributed by atoms with Crippen molar-refractivity contribution < 1.29 is 89.5 Å². The summed E-state index contributed by atoms with van der Waals surface area (Å²) in [7, 11) is -26.2. The van der Waals surface area contributed by atoms with Gasteiger partial charge in [0.05, 0.1) is 32.3 Å². The van der Waals surface area contributed by atoms with Crippen molar-refractivity contribution in [3.8, 4) is 17.2 Å². The first kappa shape index (κ1) is 54.1. The van der Waals surface area contributed by atoms with Gasteiger partial charge in [-0.05, 0) is 78.9 Å². The van der Waals surface area contributed by atoms with Gasteiger partial charge < -0.3 is 20.7 Å². The summed E-state index contributed by atoms with van der Waals surface area (Å²) < 4.78 is 178. The van der Waals surface area contributed by atoms with Crippen molar-refractivity contribution in [3.63, 3.8) is 0 Å². The van der Waals surface area contributed by atoms with Gasteiger partial charge in [-0.15, -0.1) is 30.7 Å². The van der Waals surface area contributed by atoms with Crippen molar-refractivity contribution in [1.82, 2.24) is 0 Å². The Balaban J connectivity index is 1.29. The third-order valence-electron chi connectivity index (χ3n) is 9.97. The average Bonchev–Trinajstić information content (AvgIpc) is 3.31. The molecule has 7 aromatic rings. The predicted octanol–water partition coefficient (Wildman–Crippen LogP) is 8.32. The minimum Gasteiger partial charge on any atom is -0.505 e. The number of nitro groups is 1. The number of benzene rings is 7. The van der Waals surface area contributed by atoms with Crippen molar-refractivity contribution in [1.29, 1.82) is 0 Å². The van der Waals surface area contributed by atoms with Crippen molar-refractivity contribution in [3.05, 3.63) is 107 Å².